The molecule has 2 aromatic carbocycles. The number of benzene rings is 2. The van der Waals surface area contributed by atoms with Gasteiger partial charge in [0.05, 0.1) is 6.10 Å². The summed E-state index contributed by atoms with van der Waals surface area (Å²) in [6.45, 7) is 10.7. The van der Waals surface area contributed by atoms with Crippen LogP contribution in [0.5, 0.6) is 0 Å². The molecule has 24 heavy (non-hydrogen) atoms. The molecule has 130 valence electrons. The summed E-state index contributed by atoms with van der Waals surface area (Å²) in [5, 5.41) is 12.3. The van der Waals surface area contributed by atoms with Crippen molar-refractivity contribution in [2.24, 2.45) is 0 Å². The molecule has 3 heteroatoms. The molecule has 0 spiro atoms. The van der Waals surface area contributed by atoms with Crippen LogP contribution in [0.4, 0.5) is 0 Å². The molecule has 0 aromatic heterocycles. The van der Waals surface area contributed by atoms with E-state index in [-0.39, 0.29) is 17.2 Å². The summed E-state index contributed by atoms with van der Waals surface area (Å²) in [7, 11) is -2.49. The first-order chi connectivity index (χ1) is 11.3. The van der Waals surface area contributed by atoms with Crippen LogP contribution < -0.4 is 10.4 Å². The highest BCUT2D eigenvalue weighted by Gasteiger charge is 2.50. The van der Waals surface area contributed by atoms with Gasteiger partial charge in [-0.3, -0.25) is 0 Å². The van der Waals surface area contributed by atoms with Crippen LogP contribution in [0, 0.1) is 0 Å². The van der Waals surface area contributed by atoms with Crippen LogP contribution >= 0.6 is 0 Å². The van der Waals surface area contributed by atoms with Gasteiger partial charge in [-0.15, -0.1) is 0 Å². The van der Waals surface area contributed by atoms with E-state index in [1.54, 1.807) is 0 Å². The van der Waals surface area contributed by atoms with E-state index in [0.29, 0.717) is 6.42 Å². The molecule has 0 aliphatic carbocycles. The van der Waals surface area contributed by atoms with Gasteiger partial charge in [0.1, 0.15) is 0 Å². The van der Waals surface area contributed by atoms with Gasteiger partial charge < -0.3 is 9.53 Å². The molecular formula is C21H30O2Si. The summed E-state index contributed by atoms with van der Waals surface area (Å²) in [6.07, 6.45) is 0.277. The van der Waals surface area contributed by atoms with Crippen molar-refractivity contribution in [3.05, 3.63) is 60.7 Å². The van der Waals surface area contributed by atoms with Crippen molar-refractivity contribution in [2.45, 2.75) is 58.3 Å². The predicted octanol–water partition coefficient (Wildman–Crippen LogP) is 3.72. The molecule has 0 saturated heterocycles. The van der Waals surface area contributed by atoms with Gasteiger partial charge in [0, 0.05) is 6.10 Å². The Labute approximate surface area is 147 Å². The minimum Gasteiger partial charge on any atom is -0.405 e. The molecule has 1 N–H and O–H groups in total. The predicted molar refractivity (Wildman–Crippen MR) is 104 cm³/mol. The van der Waals surface area contributed by atoms with Crippen LogP contribution in [0.3, 0.4) is 0 Å². The number of hydrogen-bond donors (Lipinski definition) is 1. The first-order valence-corrected chi connectivity index (χ1v) is 10.6. The Balaban J connectivity index is 2.62. The largest absolute Gasteiger partial charge is 0.405 e. The second kappa shape index (κ2) is 7.64. The van der Waals surface area contributed by atoms with E-state index in [9.17, 15) is 5.11 Å². The van der Waals surface area contributed by atoms with Crippen LogP contribution in [-0.4, -0.2) is 25.6 Å². The Morgan fingerprint density at radius 3 is 1.62 bits per heavy atom. The molecule has 0 unspecified atom stereocenters. The maximum Gasteiger partial charge on any atom is 0.261 e. The lowest BCUT2D eigenvalue weighted by Gasteiger charge is -2.44. The molecule has 0 amide bonds. The SMILES string of the molecule is C[C@@H](O)C[C@H](C)O[Si](c1ccccc1)(c1ccccc1)C(C)(C)C. The second-order valence-electron chi connectivity index (χ2n) is 7.68. The number of aliphatic hydroxyl groups is 1. The third-order valence-corrected chi connectivity index (χ3v) is 9.63. The fraction of sp³-hybridized carbons (Fsp3) is 0.429. The maximum atomic E-state index is 9.80. The summed E-state index contributed by atoms with van der Waals surface area (Å²) in [6, 6.07) is 21.2. The summed E-state index contributed by atoms with van der Waals surface area (Å²) < 4.78 is 6.86. The highest BCUT2D eigenvalue weighted by atomic mass is 28.4. The molecule has 0 aliphatic heterocycles. The zero-order valence-corrected chi connectivity index (χ0v) is 16.5. The van der Waals surface area contributed by atoms with Crippen LogP contribution in [0.15, 0.2) is 60.7 Å². The summed E-state index contributed by atoms with van der Waals surface area (Å²) in [5.74, 6) is 0. The number of aliphatic hydroxyl groups excluding tert-OH is 1. The Hall–Kier alpha value is -1.42. The van der Waals surface area contributed by atoms with Gasteiger partial charge in [0.25, 0.3) is 8.32 Å². The molecule has 0 saturated carbocycles. The lowest BCUT2D eigenvalue weighted by molar-refractivity contribution is 0.109. The zero-order valence-electron chi connectivity index (χ0n) is 15.5. The molecular weight excluding hydrogens is 312 g/mol. The average Bonchev–Trinajstić information content (AvgIpc) is 2.52. The Morgan fingerprint density at radius 1 is 0.875 bits per heavy atom. The van der Waals surface area contributed by atoms with Crippen LogP contribution in [0.25, 0.3) is 0 Å². The quantitative estimate of drug-likeness (QED) is 0.811. The summed E-state index contributed by atoms with van der Waals surface area (Å²) in [5.41, 5.74) is 0. The standard InChI is InChI=1S/C21H30O2Si/c1-17(22)16-18(2)23-24(21(3,4)5,19-12-8-6-9-13-19)20-14-10-7-11-15-20/h6-15,17-18,22H,16H2,1-5H3/t17-,18+/m1/s1. The molecule has 0 heterocycles. The van der Waals surface area contributed by atoms with Crippen molar-refractivity contribution >= 4 is 18.7 Å². The molecule has 0 fully saturated rings. The van der Waals surface area contributed by atoms with E-state index in [1.807, 2.05) is 6.92 Å². The smallest absolute Gasteiger partial charge is 0.261 e. The van der Waals surface area contributed by atoms with E-state index >= 15 is 0 Å². The van der Waals surface area contributed by atoms with Gasteiger partial charge in [-0.05, 0) is 35.7 Å². The Bertz CT molecular complexity index is 578. The minimum absolute atomic E-state index is 0.00342. The lowest BCUT2D eigenvalue weighted by Crippen LogP contribution is -2.67. The third-order valence-electron chi connectivity index (χ3n) is 4.47. The maximum absolute atomic E-state index is 9.80. The molecule has 2 rings (SSSR count). The van der Waals surface area contributed by atoms with Crippen molar-refractivity contribution in [1.82, 2.24) is 0 Å². The van der Waals surface area contributed by atoms with Gasteiger partial charge >= 0.3 is 0 Å². The van der Waals surface area contributed by atoms with Crippen molar-refractivity contribution in [1.29, 1.82) is 0 Å². The van der Waals surface area contributed by atoms with Gasteiger partial charge in [-0.2, -0.15) is 0 Å². The number of rotatable bonds is 6. The van der Waals surface area contributed by atoms with Gasteiger partial charge in [0.15, 0.2) is 0 Å². The Morgan fingerprint density at radius 2 is 1.29 bits per heavy atom. The highest BCUT2D eigenvalue weighted by Crippen LogP contribution is 2.37. The lowest BCUT2D eigenvalue weighted by atomic mass is 10.2. The molecule has 2 atom stereocenters. The van der Waals surface area contributed by atoms with Gasteiger partial charge in [-0.25, -0.2) is 0 Å². The monoisotopic (exact) mass is 342 g/mol. The molecule has 2 nitrogen and oxygen atoms in total. The van der Waals surface area contributed by atoms with Crippen molar-refractivity contribution in [2.75, 3.05) is 0 Å². The third kappa shape index (κ3) is 3.97. The summed E-state index contributed by atoms with van der Waals surface area (Å²) in [4.78, 5) is 0. The first kappa shape index (κ1) is 18.9. The first-order valence-electron chi connectivity index (χ1n) is 8.74. The van der Waals surface area contributed by atoms with E-state index in [4.69, 9.17) is 4.43 Å². The van der Waals surface area contributed by atoms with E-state index in [1.165, 1.54) is 10.4 Å². The van der Waals surface area contributed by atoms with Crippen molar-refractivity contribution in [3.63, 3.8) is 0 Å². The Kier molecular flexibility index (Phi) is 6.02. The van der Waals surface area contributed by atoms with Gasteiger partial charge in [0.2, 0.25) is 0 Å². The average molecular weight is 343 g/mol. The molecule has 0 aliphatic rings. The van der Waals surface area contributed by atoms with E-state index in [0.717, 1.165) is 0 Å². The summed E-state index contributed by atoms with van der Waals surface area (Å²) >= 11 is 0. The normalized spacial score (nSPS) is 15.1. The fourth-order valence-electron chi connectivity index (χ4n) is 3.52. The van der Waals surface area contributed by atoms with E-state index < -0.39 is 8.32 Å². The van der Waals surface area contributed by atoms with Crippen molar-refractivity contribution < 1.29 is 9.53 Å². The fourth-order valence-corrected chi connectivity index (χ4v) is 8.24. The zero-order chi connectivity index (χ0) is 17.8. The van der Waals surface area contributed by atoms with Gasteiger partial charge in [-0.1, -0.05) is 81.4 Å². The minimum atomic E-state index is -2.49. The van der Waals surface area contributed by atoms with Crippen LogP contribution in [-0.2, 0) is 4.43 Å². The molecule has 0 bridgehead atoms. The van der Waals surface area contributed by atoms with Crippen LogP contribution in [0.1, 0.15) is 41.0 Å². The second-order valence-corrected chi connectivity index (χ2v) is 11.9. The molecule has 0 radical (unpaired) electrons. The van der Waals surface area contributed by atoms with Crippen molar-refractivity contribution in [3.8, 4) is 0 Å². The van der Waals surface area contributed by atoms with Crippen LogP contribution in [0.2, 0.25) is 5.04 Å². The number of hydrogen-bond acceptors (Lipinski definition) is 2. The topological polar surface area (TPSA) is 29.5 Å². The van der Waals surface area contributed by atoms with E-state index in [2.05, 4.69) is 88.4 Å². The highest BCUT2D eigenvalue weighted by molar-refractivity contribution is 6.99. The molecule has 2 aromatic rings.